The quantitative estimate of drug-likeness (QED) is 0.783. The molecule has 0 atom stereocenters. The monoisotopic (exact) mass is 307 g/mol. The Kier molecular flexibility index (Phi) is 4.27. The zero-order valence-electron chi connectivity index (χ0n) is 11.6. The Balaban J connectivity index is 2.01. The highest BCUT2D eigenvalue weighted by Crippen LogP contribution is 2.18. The van der Waals surface area contributed by atoms with Gasteiger partial charge in [0.05, 0.1) is 0 Å². The molecule has 0 saturated heterocycles. The van der Waals surface area contributed by atoms with Crippen LogP contribution in [-0.4, -0.2) is 32.6 Å². The van der Waals surface area contributed by atoms with Gasteiger partial charge < -0.3 is 10.4 Å². The maximum atomic E-state index is 11.8. The van der Waals surface area contributed by atoms with Crippen molar-refractivity contribution in [3.05, 3.63) is 30.0 Å². The van der Waals surface area contributed by atoms with E-state index in [-0.39, 0.29) is 6.54 Å². The van der Waals surface area contributed by atoms with Crippen LogP contribution in [-0.2, 0) is 16.1 Å². The Morgan fingerprint density at radius 2 is 2.24 bits per heavy atom. The molecule has 2 N–H and O–H groups in total. The summed E-state index contributed by atoms with van der Waals surface area (Å²) in [5.74, 6) is -1.50. The number of aliphatic carboxylic acids is 1. The number of carboxylic acids is 1. The van der Waals surface area contributed by atoms with Crippen molar-refractivity contribution < 1.29 is 19.4 Å². The van der Waals surface area contributed by atoms with E-state index < -0.39 is 17.4 Å². The summed E-state index contributed by atoms with van der Waals surface area (Å²) in [4.78, 5) is 26.9. The van der Waals surface area contributed by atoms with Crippen LogP contribution in [0.3, 0.4) is 0 Å². The topological polar surface area (TPSA) is 96.1 Å². The second kappa shape index (κ2) is 5.96. The van der Waals surface area contributed by atoms with Crippen LogP contribution in [0.4, 0.5) is 0 Å². The lowest BCUT2D eigenvalue weighted by Gasteiger charge is -2.19. The molecule has 0 aliphatic carbocycles. The Bertz CT molecular complexity index is 638. The van der Waals surface area contributed by atoms with Gasteiger partial charge in [-0.15, -0.1) is 11.3 Å². The lowest BCUT2D eigenvalue weighted by Crippen LogP contribution is -2.54. The molecule has 0 saturated carbocycles. The number of amides is 1. The van der Waals surface area contributed by atoms with Crippen molar-refractivity contribution in [1.82, 2.24) is 15.4 Å². The van der Waals surface area contributed by atoms with Crippen molar-refractivity contribution in [2.75, 3.05) is 0 Å². The molecule has 0 aliphatic rings. The Morgan fingerprint density at radius 3 is 2.76 bits per heavy atom. The molecule has 0 bridgehead atoms. The molecular weight excluding hydrogens is 292 g/mol. The van der Waals surface area contributed by atoms with Crippen molar-refractivity contribution in [3.8, 4) is 10.6 Å². The van der Waals surface area contributed by atoms with E-state index in [2.05, 4.69) is 15.4 Å². The SMILES string of the molecule is CC(C)(NC(=O)C[n+]1ccc(-c2nccs2)cn1)C(=O)O. The fraction of sp³-hybridized carbons (Fsp3) is 0.308. The molecule has 2 aromatic rings. The minimum Gasteiger partial charge on any atom is -0.480 e. The minimum atomic E-state index is -1.31. The molecule has 0 radical (unpaired) electrons. The average Bonchev–Trinajstić information content (AvgIpc) is 2.92. The van der Waals surface area contributed by atoms with E-state index >= 15 is 0 Å². The smallest absolute Gasteiger partial charge is 0.328 e. The van der Waals surface area contributed by atoms with Gasteiger partial charge in [0.15, 0.2) is 6.20 Å². The van der Waals surface area contributed by atoms with Gasteiger partial charge in [-0.3, -0.25) is 4.79 Å². The zero-order valence-corrected chi connectivity index (χ0v) is 12.4. The number of rotatable bonds is 5. The zero-order chi connectivity index (χ0) is 15.5. The van der Waals surface area contributed by atoms with Gasteiger partial charge in [-0.05, 0) is 18.9 Å². The highest BCUT2D eigenvalue weighted by atomic mass is 32.1. The molecule has 8 heteroatoms. The molecule has 2 heterocycles. The molecule has 7 nitrogen and oxygen atoms in total. The van der Waals surface area contributed by atoms with Gasteiger partial charge in [-0.25, -0.2) is 9.78 Å². The molecule has 2 aromatic heterocycles. The number of hydrogen-bond donors (Lipinski definition) is 2. The summed E-state index contributed by atoms with van der Waals surface area (Å²) in [6.45, 7) is 2.81. The fourth-order valence-corrected chi connectivity index (χ4v) is 2.19. The average molecular weight is 307 g/mol. The largest absolute Gasteiger partial charge is 0.480 e. The lowest BCUT2D eigenvalue weighted by atomic mass is 10.1. The van der Waals surface area contributed by atoms with E-state index in [1.165, 1.54) is 29.9 Å². The predicted octanol–water partition coefficient (Wildman–Crippen LogP) is 0.472. The van der Waals surface area contributed by atoms with E-state index in [4.69, 9.17) is 5.11 Å². The van der Waals surface area contributed by atoms with Gasteiger partial charge in [0.1, 0.15) is 16.7 Å². The summed E-state index contributed by atoms with van der Waals surface area (Å²) in [6.07, 6.45) is 4.99. The molecule has 110 valence electrons. The Hall–Kier alpha value is -2.35. The van der Waals surface area contributed by atoms with Crippen LogP contribution in [0.2, 0.25) is 0 Å². The number of hydrogen-bond acceptors (Lipinski definition) is 5. The highest BCUT2D eigenvalue weighted by Gasteiger charge is 2.30. The summed E-state index contributed by atoms with van der Waals surface area (Å²) in [7, 11) is 0. The molecule has 2 rings (SSSR count). The number of thiazole rings is 1. The van der Waals surface area contributed by atoms with Crippen molar-refractivity contribution >= 4 is 23.2 Å². The van der Waals surface area contributed by atoms with Gasteiger partial charge in [0.2, 0.25) is 0 Å². The van der Waals surface area contributed by atoms with Gasteiger partial charge in [0.25, 0.3) is 12.5 Å². The molecule has 1 amide bonds. The van der Waals surface area contributed by atoms with Gasteiger partial charge in [-0.2, -0.15) is 0 Å². The fourth-order valence-electron chi connectivity index (χ4n) is 1.56. The van der Waals surface area contributed by atoms with Crippen molar-refractivity contribution in [3.63, 3.8) is 0 Å². The third-order valence-electron chi connectivity index (χ3n) is 2.74. The third-order valence-corrected chi connectivity index (χ3v) is 3.56. The standard InChI is InChI=1S/C13H14N4O3S/c1-13(2,12(19)20)16-10(18)8-17-5-3-9(7-15-17)11-14-4-6-21-11/h3-7H,8H2,1-2H3,(H-,16,18,19,20)/p+1. The van der Waals surface area contributed by atoms with E-state index in [1.807, 2.05) is 5.38 Å². The maximum absolute atomic E-state index is 11.8. The number of carbonyl (C=O) groups excluding carboxylic acids is 1. The van der Waals surface area contributed by atoms with Gasteiger partial charge >= 0.3 is 5.97 Å². The van der Waals surface area contributed by atoms with E-state index in [9.17, 15) is 9.59 Å². The first-order chi connectivity index (χ1) is 9.88. The summed E-state index contributed by atoms with van der Waals surface area (Å²) >= 11 is 1.50. The van der Waals surface area contributed by atoms with Crippen LogP contribution in [0.25, 0.3) is 10.6 Å². The second-order valence-corrected chi connectivity index (χ2v) is 5.82. The molecular formula is C13H15N4O3S+. The van der Waals surface area contributed by atoms with Crippen molar-refractivity contribution in [2.24, 2.45) is 0 Å². The van der Waals surface area contributed by atoms with E-state index in [1.54, 1.807) is 24.7 Å². The summed E-state index contributed by atoms with van der Waals surface area (Å²) in [6, 6.07) is 1.81. The van der Waals surface area contributed by atoms with Crippen molar-refractivity contribution in [1.29, 1.82) is 0 Å². The van der Waals surface area contributed by atoms with Crippen LogP contribution < -0.4 is 10.00 Å². The normalized spacial score (nSPS) is 11.1. The maximum Gasteiger partial charge on any atom is 0.328 e. The highest BCUT2D eigenvalue weighted by molar-refractivity contribution is 7.13. The molecule has 0 aliphatic heterocycles. The molecule has 0 fully saturated rings. The number of nitrogens with zero attached hydrogens (tertiary/aromatic N) is 3. The van der Waals surface area contributed by atoms with Crippen LogP contribution in [0.1, 0.15) is 13.8 Å². The van der Waals surface area contributed by atoms with Gasteiger partial charge in [-0.1, -0.05) is 4.68 Å². The van der Waals surface area contributed by atoms with Crippen LogP contribution in [0, 0.1) is 0 Å². The molecule has 0 unspecified atom stereocenters. The molecule has 0 spiro atoms. The number of carboxylic acid groups (broad SMARTS) is 1. The number of nitrogens with one attached hydrogen (secondary N) is 1. The Labute approximate surface area is 125 Å². The lowest BCUT2D eigenvalue weighted by molar-refractivity contribution is -0.742. The Morgan fingerprint density at radius 1 is 1.48 bits per heavy atom. The molecule has 21 heavy (non-hydrogen) atoms. The van der Waals surface area contributed by atoms with Crippen LogP contribution in [0.5, 0.6) is 0 Å². The summed E-state index contributed by atoms with van der Waals surface area (Å²) < 4.78 is 1.43. The minimum absolute atomic E-state index is 0.0468. The number of aromatic nitrogens is 3. The number of carbonyl (C=O) groups is 2. The second-order valence-electron chi connectivity index (χ2n) is 4.93. The van der Waals surface area contributed by atoms with E-state index in [0.717, 1.165) is 10.6 Å². The summed E-state index contributed by atoms with van der Waals surface area (Å²) in [5, 5.41) is 18.2. The third kappa shape index (κ3) is 3.82. The van der Waals surface area contributed by atoms with E-state index in [0.29, 0.717) is 0 Å². The molecule has 0 aromatic carbocycles. The first kappa shape index (κ1) is 15.0. The predicted molar refractivity (Wildman–Crippen MR) is 75.4 cm³/mol. The summed E-state index contributed by atoms with van der Waals surface area (Å²) in [5.41, 5.74) is -0.439. The van der Waals surface area contributed by atoms with Gasteiger partial charge in [0, 0.05) is 23.2 Å². The van der Waals surface area contributed by atoms with Crippen molar-refractivity contribution in [2.45, 2.75) is 25.9 Å². The van der Waals surface area contributed by atoms with Crippen LogP contribution in [0.15, 0.2) is 30.0 Å². The first-order valence-corrected chi connectivity index (χ1v) is 7.06. The van der Waals surface area contributed by atoms with Crippen LogP contribution >= 0.6 is 11.3 Å². The first-order valence-electron chi connectivity index (χ1n) is 6.18.